The molecule has 0 aliphatic rings. The smallest absolute Gasteiger partial charge is 0.185 e. The first-order valence-electron chi connectivity index (χ1n) is 10.2. The van der Waals surface area contributed by atoms with Crippen molar-refractivity contribution in [3.05, 3.63) is 102 Å². The molecule has 32 heavy (non-hydrogen) atoms. The largest absolute Gasteiger partial charge is 0.497 e. The minimum Gasteiger partial charge on any atom is -0.497 e. The van der Waals surface area contributed by atoms with E-state index in [0.29, 0.717) is 11.3 Å². The van der Waals surface area contributed by atoms with Gasteiger partial charge < -0.3 is 9.47 Å². The lowest BCUT2D eigenvalue weighted by molar-refractivity contribution is 0.104. The Hall–Kier alpha value is -4.12. The van der Waals surface area contributed by atoms with Crippen LogP contribution in [0.5, 0.6) is 11.5 Å². The normalized spacial score (nSPS) is 11.0. The van der Waals surface area contributed by atoms with Crippen molar-refractivity contribution in [2.75, 3.05) is 14.2 Å². The Balaban J connectivity index is 1.69. The summed E-state index contributed by atoms with van der Waals surface area (Å²) in [5, 5.41) is 4.81. The van der Waals surface area contributed by atoms with Crippen molar-refractivity contribution in [1.29, 1.82) is 0 Å². The number of carbonyl (C=O) groups is 1. The molecule has 0 aliphatic heterocycles. The highest BCUT2D eigenvalue weighted by atomic mass is 16.5. The lowest BCUT2D eigenvalue weighted by Crippen LogP contribution is -1.95. The number of hydrogen-bond acceptors (Lipinski definition) is 4. The van der Waals surface area contributed by atoms with E-state index in [4.69, 9.17) is 14.6 Å². The summed E-state index contributed by atoms with van der Waals surface area (Å²) in [6, 6.07) is 22.9. The molecule has 0 N–H and O–H groups in total. The fraction of sp³-hybridized carbons (Fsp3) is 0.111. The van der Waals surface area contributed by atoms with Gasteiger partial charge in [0.05, 0.1) is 25.6 Å². The second-order valence-electron chi connectivity index (χ2n) is 7.37. The zero-order valence-electron chi connectivity index (χ0n) is 18.3. The molecule has 0 amide bonds. The van der Waals surface area contributed by atoms with E-state index in [9.17, 15) is 4.79 Å². The van der Waals surface area contributed by atoms with Gasteiger partial charge in [0.25, 0.3) is 0 Å². The number of aromatic nitrogens is 2. The van der Waals surface area contributed by atoms with Crippen LogP contribution >= 0.6 is 0 Å². The lowest BCUT2D eigenvalue weighted by atomic mass is 10.0. The van der Waals surface area contributed by atoms with Crippen molar-refractivity contribution in [1.82, 2.24) is 9.78 Å². The molecule has 0 spiro atoms. The Kier molecular flexibility index (Phi) is 6.17. The molecular formula is C27H24N2O3. The van der Waals surface area contributed by atoms with E-state index in [-0.39, 0.29) is 5.78 Å². The minimum atomic E-state index is -0.0836. The van der Waals surface area contributed by atoms with Crippen molar-refractivity contribution < 1.29 is 14.3 Å². The summed E-state index contributed by atoms with van der Waals surface area (Å²) in [6.45, 7) is 2.05. The maximum atomic E-state index is 12.7. The summed E-state index contributed by atoms with van der Waals surface area (Å²) in [5.74, 6) is 1.41. The summed E-state index contributed by atoms with van der Waals surface area (Å²) in [4.78, 5) is 12.7. The van der Waals surface area contributed by atoms with Gasteiger partial charge in [-0.2, -0.15) is 5.10 Å². The number of ketones is 1. The maximum absolute atomic E-state index is 12.7. The molecule has 1 aromatic heterocycles. The summed E-state index contributed by atoms with van der Waals surface area (Å²) >= 11 is 0. The summed E-state index contributed by atoms with van der Waals surface area (Å²) in [7, 11) is 3.24. The van der Waals surface area contributed by atoms with Crippen molar-refractivity contribution >= 4 is 11.9 Å². The molecule has 160 valence electrons. The third kappa shape index (κ3) is 4.62. The van der Waals surface area contributed by atoms with E-state index >= 15 is 0 Å². The van der Waals surface area contributed by atoms with Crippen LogP contribution in [0.15, 0.2) is 85.1 Å². The van der Waals surface area contributed by atoms with Crippen LogP contribution in [0.2, 0.25) is 0 Å². The first-order valence-corrected chi connectivity index (χ1v) is 10.2. The number of benzene rings is 3. The SMILES string of the molecule is COc1ccc(C(=O)C=Cc2cn(-c3ccc(OC)cc3)nc2-c2ccc(C)cc2)cc1. The van der Waals surface area contributed by atoms with Gasteiger partial charge in [0.1, 0.15) is 11.5 Å². The average Bonchev–Trinajstić information content (AvgIpc) is 3.27. The molecule has 0 unspecified atom stereocenters. The molecule has 0 fully saturated rings. The number of ether oxygens (including phenoxy) is 2. The molecule has 0 radical (unpaired) electrons. The summed E-state index contributed by atoms with van der Waals surface area (Å²) < 4.78 is 12.2. The van der Waals surface area contributed by atoms with Crippen LogP contribution in [0.3, 0.4) is 0 Å². The highest BCUT2D eigenvalue weighted by molar-refractivity contribution is 6.07. The predicted octanol–water partition coefficient (Wildman–Crippen LogP) is 5.76. The molecule has 4 rings (SSSR count). The molecule has 1 heterocycles. The van der Waals surface area contributed by atoms with Gasteiger partial charge in [0, 0.05) is 22.9 Å². The van der Waals surface area contributed by atoms with Crippen LogP contribution < -0.4 is 9.47 Å². The molecule has 0 atom stereocenters. The molecule has 0 aliphatic carbocycles. The van der Waals surface area contributed by atoms with Crippen LogP contribution in [-0.2, 0) is 0 Å². The van der Waals surface area contributed by atoms with Gasteiger partial charge in [0.15, 0.2) is 5.78 Å². The van der Waals surface area contributed by atoms with Gasteiger partial charge in [-0.25, -0.2) is 4.68 Å². The van der Waals surface area contributed by atoms with Crippen molar-refractivity contribution in [3.8, 4) is 28.4 Å². The maximum Gasteiger partial charge on any atom is 0.185 e. The van der Waals surface area contributed by atoms with Gasteiger partial charge in [-0.15, -0.1) is 0 Å². The number of hydrogen-bond donors (Lipinski definition) is 0. The van der Waals surface area contributed by atoms with Gasteiger partial charge >= 0.3 is 0 Å². The summed E-state index contributed by atoms with van der Waals surface area (Å²) in [5.41, 5.74) is 5.32. The van der Waals surface area contributed by atoms with E-state index in [1.165, 1.54) is 5.56 Å². The molecule has 3 aromatic carbocycles. The Labute approximate surface area is 187 Å². The zero-order chi connectivity index (χ0) is 22.5. The first-order chi connectivity index (χ1) is 15.6. The molecule has 0 bridgehead atoms. The third-order valence-corrected chi connectivity index (χ3v) is 5.19. The molecule has 5 heteroatoms. The number of nitrogens with zero attached hydrogens (tertiary/aromatic N) is 2. The lowest BCUT2D eigenvalue weighted by Gasteiger charge is -2.03. The van der Waals surface area contributed by atoms with Crippen LogP contribution in [0.1, 0.15) is 21.5 Å². The molecule has 4 aromatic rings. The van der Waals surface area contributed by atoms with Gasteiger partial charge in [-0.05, 0) is 67.6 Å². The Morgan fingerprint density at radius 1 is 0.844 bits per heavy atom. The number of carbonyl (C=O) groups excluding carboxylic acids is 1. The molecule has 0 saturated carbocycles. The highest BCUT2D eigenvalue weighted by Gasteiger charge is 2.12. The van der Waals surface area contributed by atoms with Crippen LogP contribution in [0.4, 0.5) is 0 Å². The van der Waals surface area contributed by atoms with Crippen LogP contribution in [0, 0.1) is 6.92 Å². The van der Waals surface area contributed by atoms with E-state index in [0.717, 1.165) is 28.3 Å². The quantitative estimate of drug-likeness (QED) is 0.280. The van der Waals surface area contributed by atoms with Gasteiger partial charge in [-0.3, -0.25) is 4.79 Å². The molecule has 5 nitrogen and oxygen atoms in total. The standard InChI is InChI=1S/C27H24N2O3/c1-19-4-6-21(7-5-19)27-22(10-17-26(30)20-8-13-24(31-2)14-9-20)18-29(28-27)23-11-15-25(32-3)16-12-23/h4-18H,1-3H3. The minimum absolute atomic E-state index is 0.0836. The Morgan fingerprint density at radius 2 is 1.44 bits per heavy atom. The van der Waals surface area contributed by atoms with Gasteiger partial charge in [0.2, 0.25) is 0 Å². The van der Waals surface area contributed by atoms with Crippen LogP contribution in [-0.4, -0.2) is 29.8 Å². The zero-order valence-corrected chi connectivity index (χ0v) is 18.3. The second-order valence-corrected chi connectivity index (χ2v) is 7.37. The summed E-state index contributed by atoms with van der Waals surface area (Å²) in [6.07, 6.45) is 5.32. The van der Waals surface area contributed by atoms with Crippen molar-refractivity contribution in [2.24, 2.45) is 0 Å². The fourth-order valence-corrected chi connectivity index (χ4v) is 3.33. The highest BCUT2D eigenvalue weighted by Crippen LogP contribution is 2.26. The second kappa shape index (κ2) is 9.35. The molecule has 0 saturated heterocycles. The van der Waals surface area contributed by atoms with E-state index in [1.54, 1.807) is 44.6 Å². The van der Waals surface area contributed by atoms with Gasteiger partial charge in [-0.1, -0.05) is 29.8 Å². The fourth-order valence-electron chi connectivity index (χ4n) is 3.33. The first kappa shape index (κ1) is 21.1. The van der Waals surface area contributed by atoms with E-state index < -0.39 is 0 Å². The predicted molar refractivity (Wildman–Crippen MR) is 127 cm³/mol. The van der Waals surface area contributed by atoms with Crippen LogP contribution in [0.25, 0.3) is 23.0 Å². The Morgan fingerprint density at radius 3 is 2.03 bits per heavy atom. The monoisotopic (exact) mass is 424 g/mol. The number of methoxy groups -OCH3 is 2. The Bertz CT molecular complexity index is 1240. The third-order valence-electron chi connectivity index (χ3n) is 5.19. The van der Waals surface area contributed by atoms with E-state index in [2.05, 4.69) is 12.1 Å². The van der Waals surface area contributed by atoms with Crippen molar-refractivity contribution in [2.45, 2.75) is 6.92 Å². The topological polar surface area (TPSA) is 53.4 Å². The van der Waals surface area contributed by atoms with E-state index in [1.807, 2.05) is 60.3 Å². The number of aryl methyl sites for hydroxylation is 1. The number of allylic oxidation sites excluding steroid dienone is 1. The number of rotatable bonds is 7. The van der Waals surface area contributed by atoms with Crippen molar-refractivity contribution in [3.63, 3.8) is 0 Å². The average molecular weight is 425 g/mol. The molecular weight excluding hydrogens is 400 g/mol.